The Labute approximate surface area is 144 Å². The van der Waals surface area contributed by atoms with Gasteiger partial charge in [0.05, 0.1) is 11.2 Å². The number of halogens is 1. The van der Waals surface area contributed by atoms with Crippen LogP contribution in [0.25, 0.3) is 27.7 Å². The fraction of sp³-hybridized carbons (Fsp3) is 0.211. The summed E-state index contributed by atoms with van der Waals surface area (Å²) in [5.74, 6) is 1.61. The quantitative estimate of drug-likeness (QED) is 0.525. The van der Waals surface area contributed by atoms with E-state index in [2.05, 4.69) is 38.6 Å². The molecule has 0 N–H and O–H groups in total. The molecule has 3 heterocycles. The van der Waals surface area contributed by atoms with Gasteiger partial charge in [-0.3, -0.25) is 9.38 Å². The van der Waals surface area contributed by atoms with Gasteiger partial charge >= 0.3 is 0 Å². The van der Waals surface area contributed by atoms with E-state index in [1.807, 2.05) is 18.5 Å². The number of imidazole rings is 1. The maximum absolute atomic E-state index is 6.42. The van der Waals surface area contributed by atoms with E-state index in [1.165, 1.54) is 19.3 Å². The number of hydrogen-bond acceptors (Lipinski definition) is 3. The van der Waals surface area contributed by atoms with Gasteiger partial charge in [-0.05, 0) is 25.0 Å². The Hall–Kier alpha value is -2.46. The molecule has 0 saturated heterocycles. The van der Waals surface area contributed by atoms with E-state index in [9.17, 15) is 0 Å². The summed E-state index contributed by atoms with van der Waals surface area (Å²) < 4.78 is 2.11. The molecule has 1 aliphatic carbocycles. The second-order valence-corrected chi connectivity index (χ2v) is 6.65. The molecule has 4 nitrogen and oxygen atoms in total. The molecule has 0 unspecified atom stereocenters. The standard InChI is InChI=1S/C19H15ClN4/c20-18-17-16(14-7-6-12-5-2-8-21-15(12)11-14)23-19(13-3-1-4-13)24(17)10-9-22-18/h2,5-11,13H,1,3-4H2. The van der Waals surface area contributed by atoms with Gasteiger partial charge in [-0.15, -0.1) is 0 Å². The van der Waals surface area contributed by atoms with Crippen LogP contribution in [0.15, 0.2) is 48.9 Å². The molecule has 0 spiro atoms. The van der Waals surface area contributed by atoms with Crippen molar-refractivity contribution in [2.45, 2.75) is 25.2 Å². The van der Waals surface area contributed by atoms with Gasteiger partial charge in [0.2, 0.25) is 0 Å². The number of pyridine rings is 1. The van der Waals surface area contributed by atoms with Gasteiger partial charge in [0, 0.05) is 35.5 Å². The van der Waals surface area contributed by atoms with Crippen LogP contribution in [0.3, 0.4) is 0 Å². The Kier molecular flexibility index (Phi) is 3.06. The molecule has 0 amide bonds. The normalized spacial score (nSPS) is 15.0. The van der Waals surface area contributed by atoms with Crippen LogP contribution in [0.4, 0.5) is 0 Å². The molecule has 0 bridgehead atoms. The van der Waals surface area contributed by atoms with Crippen molar-refractivity contribution in [3.8, 4) is 11.3 Å². The number of nitrogens with zero attached hydrogens (tertiary/aromatic N) is 4. The summed E-state index contributed by atoms with van der Waals surface area (Å²) >= 11 is 6.42. The topological polar surface area (TPSA) is 43.1 Å². The number of rotatable bonds is 2. The largest absolute Gasteiger partial charge is 0.299 e. The molecule has 1 saturated carbocycles. The SMILES string of the molecule is Clc1nccn2c(C3CCC3)nc(-c3ccc4cccnc4c3)c12. The fourth-order valence-corrected chi connectivity index (χ4v) is 3.63. The van der Waals surface area contributed by atoms with Crippen molar-refractivity contribution in [2.24, 2.45) is 0 Å². The van der Waals surface area contributed by atoms with Crippen LogP contribution in [0, 0.1) is 0 Å². The average Bonchev–Trinajstić information content (AvgIpc) is 2.94. The molecule has 0 aliphatic heterocycles. The lowest BCUT2D eigenvalue weighted by atomic mass is 9.85. The molecule has 5 rings (SSSR count). The minimum atomic E-state index is 0.492. The smallest absolute Gasteiger partial charge is 0.155 e. The zero-order valence-corrected chi connectivity index (χ0v) is 13.7. The third-order valence-electron chi connectivity index (χ3n) is 4.89. The molecule has 3 aromatic heterocycles. The zero-order chi connectivity index (χ0) is 16.1. The van der Waals surface area contributed by atoms with Crippen LogP contribution >= 0.6 is 11.6 Å². The van der Waals surface area contributed by atoms with Gasteiger partial charge in [-0.2, -0.15) is 0 Å². The first-order valence-electron chi connectivity index (χ1n) is 8.19. The summed E-state index contributed by atoms with van der Waals surface area (Å²) in [6, 6.07) is 10.2. The first-order chi connectivity index (χ1) is 11.8. The van der Waals surface area contributed by atoms with Gasteiger partial charge in [0.25, 0.3) is 0 Å². The molecule has 118 valence electrons. The van der Waals surface area contributed by atoms with Gasteiger partial charge < -0.3 is 0 Å². The zero-order valence-electron chi connectivity index (χ0n) is 13.0. The van der Waals surface area contributed by atoms with Crippen LogP contribution < -0.4 is 0 Å². The maximum Gasteiger partial charge on any atom is 0.155 e. The molecule has 24 heavy (non-hydrogen) atoms. The van der Waals surface area contributed by atoms with Gasteiger partial charge in [-0.1, -0.05) is 36.2 Å². The van der Waals surface area contributed by atoms with Crippen molar-refractivity contribution in [1.29, 1.82) is 0 Å². The molecule has 1 aromatic carbocycles. The summed E-state index contributed by atoms with van der Waals surface area (Å²) in [5, 5.41) is 1.61. The monoisotopic (exact) mass is 334 g/mol. The number of fused-ring (bicyclic) bond motifs is 2. The van der Waals surface area contributed by atoms with E-state index in [0.717, 1.165) is 33.5 Å². The van der Waals surface area contributed by atoms with Crippen molar-refractivity contribution < 1.29 is 0 Å². The van der Waals surface area contributed by atoms with E-state index < -0.39 is 0 Å². The molecular formula is C19H15ClN4. The predicted molar refractivity (Wildman–Crippen MR) is 95.3 cm³/mol. The van der Waals surface area contributed by atoms with Crippen molar-refractivity contribution in [3.63, 3.8) is 0 Å². The summed E-state index contributed by atoms with van der Waals surface area (Å²) in [4.78, 5) is 13.7. The lowest BCUT2D eigenvalue weighted by Crippen LogP contribution is -2.12. The highest BCUT2D eigenvalue weighted by Crippen LogP contribution is 2.39. The van der Waals surface area contributed by atoms with Crippen molar-refractivity contribution >= 4 is 28.0 Å². The van der Waals surface area contributed by atoms with E-state index in [4.69, 9.17) is 16.6 Å². The fourth-order valence-electron chi connectivity index (χ4n) is 3.39. The average molecular weight is 335 g/mol. The lowest BCUT2D eigenvalue weighted by molar-refractivity contribution is 0.400. The lowest BCUT2D eigenvalue weighted by Gasteiger charge is -2.23. The molecular weight excluding hydrogens is 320 g/mol. The van der Waals surface area contributed by atoms with Crippen LogP contribution in [0.5, 0.6) is 0 Å². The summed E-state index contributed by atoms with van der Waals surface area (Å²) in [6.45, 7) is 0. The molecule has 0 radical (unpaired) electrons. The van der Waals surface area contributed by atoms with Crippen LogP contribution in [-0.2, 0) is 0 Å². The highest BCUT2D eigenvalue weighted by Gasteiger charge is 2.26. The van der Waals surface area contributed by atoms with Crippen molar-refractivity contribution in [3.05, 3.63) is 59.9 Å². The van der Waals surface area contributed by atoms with E-state index in [0.29, 0.717) is 11.1 Å². The molecule has 4 aromatic rings. The van der Waals surface area contributed by atoms with Gasteiger partial charge in [0.15, 0.2) is 5.15 Å². The Balaban J connectivity index is 1.78. The van der Waals surface area contributed by atoms with Crippen molar-refractivity contribution in [2.75, 3.05) is 0 Å². The number of benzene rings is 1. The van der Waals surface area contributed by atoms with Gasteiger partial charge in [0.1, 0.15) is 11.3 Å². The molecule has 5 heteroatoms. The van der Waals surface area contributed by atoms with Crippen molar-refractivity contribution in [1.82, 2.24) is 19.4 Å². The summed E-state index contributed by atoms with van der Waals surface area (Å²) in [5.41, 5.74) is 3.76. The Bertz CT molecular complexity index is 1070. The predicted octanol–water partition coefficient (Wildman–Crippen LogP) is 4.87. The maximum atomic E-state index is 6.42. The molecule has 0 atom stereocenters. The Morgan fingerprint density at radius 3 is 2.83 bits per heavy atom. The van der Waals surface area contributed by atoms with Crippen LogP contribution in [0.1, 0.15) is 31.0 Å². The minimum Gasteiger partial charge on any atom is -0.299 e. The van der Waals surface area contributed by atoms with E-state index in [1.54, 1.807) is 6.20 Å². The number of hydrogen-bond donors (Lipinski definition) is 0. The van der Waals surface area contributed by atoms with Crippen LogP contribution in [0.2, 0.25) is 5.15 Å². The minimum absolute atomic E-state index is 0.492. The first-order valence-corrected chi connectivity index (χ1v) is 8.57. The third-order valence-corrected chi connectivity index (χ3v) is 5.16. The Morgan fingerprint density at radius 2 is 2.00 bits per heavy atom. The first kappa shape index (κ1) is 13.9. The summed E-state index contributed by atoms with van der Waals surface area (Å²) in [7, 11) is 0. The number of aromatic nitrogens is 4. The van der Waals surface area contributed by atoms with Gasteiger partial charge in [-0.25, -0.2) is 9.97 Å². The van der Waals surface area contributed by atoms with E-state index >= 15 is 0 Å². The molecule has 1 fully saturated rings. The Morgan fingerprint density at radius 1 is 1.08 bits per heavy atom. The highest BCUT2D eigenvalue weighted by atomic mass is 35.5. The second-order valence-electron chi connectivity index (χ2n) is 6.29. The molecule has 1 aliphatic rings. The second kappa shape index (κ2) is 5.28. The third kappa shape index (κ3) is 2.03. The van der Waals surface area contributed by atoms with E-state index in [-0.39, 0.29) is 0 Å². The summed E-state index contributed by atoms with van der Waals surface area (Å²) in [6.07, 6.45) is 9.17. The van der Waals surface area contributed by atoms with Crippen LogP contribution in [-0.4, -0.2) is 19.4 Å². The highest BCUT2D eigenvalue weighted by molar-refractivity contribution is 6.33.